The van der Waals surface area contributed by atoms with E-state index in [2.05, 4.69) is 10.2 Å². The predicted molar refractivity (Wildman–Crippen MR) is 67.3 cm³/mol. The Balaban J connectivity index is 2.86. The zero-order chi connectivity index (χ0) is 14.0. The van der Waals surface area contributed by atoms with Crippen molar-refractivity contribution in [2.45, 2.75) is 30.3 Å². The third kappa shape index (κ3) is 3.70. The van der Waals surface area contributed by atoms with Crippen LogP contribution in [0.15, 0.2) is 11.5 Å². The van der Waals surface area contributed by atoms with Crippen LogP contribution in [0.25, 0.3) is 0 Å². The summed E-state index contributed by atoms with van der Waals surface area (Å²) in [7, 11) is -3.23. The van der Waals surface area contributed by atoms with Crippen LogP contribution in [0.1, 0.15) is 13.8 Å². The van der Waals surface area contributed by atoms with Gasteiger partial charge in [0.1, 0.15) is 6.33 Å². The minimum absolute atomic E-state index is 0.141. The maximum atomic E-state index is 11.6. The normalized spacial score (nSPS) is 12.6. The molecule has 1 aromatic rings. The van der Waals surface area contributed by atoms with Gasteiger partial charge in [-0.3, -0.25) is 4.79 Å². The first-order valence-electron chi connectivity index (χ1n) is 5.05. The smallest absolute Gasteiger partial charge is 0.313 e. The monoisotopic (exact) mass is 293 g/mol. The minimum Gasteiger partial charge on any atom is -0.481 e. The first kappa shape index (κ1) is 15.0. The van der Waals surface area contributed by atoms with Crippen LogP contribution in [0.2, 0.25) is 0 Å². The zero-order valence-electron chi connectivity index (χ0n) is 10.3. The number of sulfone groups is 1. The summed E-state index contributed by atoms with van der Waals surface area (Å²) in [4.78, 5) is 10.5. The Morgan fingerprint density at radius 2 is 2.17 bits per heavy atom. The quantitative estimate of drug-likeness (QED) is 0.751. The molecule has 0 bridgehead atoms. The molecule has 0 radical (unpaired) electrons. The van der Waals surface area contributed by atoms with Crippen molar-refractivity contribution in [3.05, 3.63) is 6.33 Å². The number of carboxylic acid groups (broad SMARTS) is 1. The largest absolute Gasteiger partial charge is 0.481 e. The molecule has 18 heavy (non-hydrogen) atoms. The van der Waals surface area contributed by atoms with E-state index >= 15 is 0 Å². The Bertz CT molecular complexity index is 536. The summed E-state index contributed by atoms with van der Waals surface area (Å²) in [5, 5.41) is 16.4. The van der Waals surface area contributed by atoms with E-state index < -0.39 is 20.6 Å². The Kier molecular flexibility index (Phi) is 4.38. The molecule has 102 valence electrons. The molecule has 0 aliphatic rings. The number of hydrogen-bond acceptors (Lipinski definition) is 6. The summed E-state index contributed by atoms with van der Waals surface area (Å²) in [6, 6.07) is 0. The second-order valence-electron chi connectivity index (χ2n) is 4.46. The van der Waals surface area contributed by atoms with Crippen LogP contribution in [0.3, 0.4) is 0 Å². The second-order valence-corrected chi connectivity index (χ2v) is 8.05. The number of thioether (sulfide) groups is 1. The molecule has 1 rings (SSSR count). The van der Waals surface area contributed by atoms with E-state index in [9.17, 15) is 13.2 Å². The third-order valence-electron chi connectivity index (χ3n) is 2.46. The Morgan fingerprint density at radius 3 is 2.67 bits per heavy atom. The SMILES string of the molecule is CC(C)(Cn1cnnc1SCC(=O)O)S(C)(=O)=O. The summed E-state index contributed by atoms with van der Waals surface area (Å²) in [5.41, 5.74) is 0. The third-order valence-corrected chi connectivity index (χ3v) is 5.56. The topological polar surface area (TPSA) is 102 Å². The lowest BCUT2D eigenvalue weighted by Crippen LogP contribution is -2.35. The number of carboxylic acids is 1. The second kappa shape index (κ2) is 5.27. The number of hydrogen-bond donors (Lipinski definition) is 1. The molecule has 0 saturated heterocycles. The molecule has 1 N–H and O–H groups in total. The predicted octanol–water partition coefficient (Wildman–Crippen LogP) is 0.278. The van der Waals surface area contributed by atoms with E-state index in [0.29, 0.717) is 5.16 Å². The van der Waals surface area contributed by atoms with Gasteiger partial charge < -0.3 is 9.67 Å². The van der Waals surface area contributed by atoms with Gasteiger partial charge in [-0.05, 0) is 13.8 Å². The van der Waals surface area contributed by atoms with Crippen molar-refractivity contribution in [1.82, 2.24) is 14.8 Å². The molecule has 0 spiro atoms. The van der Waals surface area contributed by atoms with E-state index in [-0.39, 0.29) is 12.3 Å². The molecule has 0 aliphatic carbocycles. The van der Waals surface area contributed by atoms with Crippen LogP contribution in [-0.2, 0) is 21.2 Å². The molecule has 0 fully saturated rings. The number of nitrogens with zero attached hydrogens (tertiary/aromatic N) is 3. The number of carbonyl (C=O) groups is 1. The van der Waals surface area contributed by atoms with Crippen molar-refractivity contribution in [2.24, 2.45) is 0 Å². The molecule has 1 heterocycles. The molecule has 9 heteroatoms. The highest BCUT2D eigenvalue weighted by Gasteiger charge is 2.31. The Hall–Kier alpha value is -1.09. The average molecular weight is 293 g/mol. The summed E-state index contributed by atoms with van der Waals surface area (Å²) in [5.74, 6) is -1.10. The van der Waals surface area contributed by atoms with Gasteiger partial charge >= 0.3 is 5.97 Å². The van der Waals surface area contributed by atoms with Gasteiger partial charge in [0.2, 0.25) is 0 Å². The van der Waals surface area contributed by atoms with Crippen molar-refractivity contribution in [3.8, 4) is 0 Å². The maximum absolute atomic E-state index is 11.6. The highest BCUT2D eigenvalue weighted by Crippen LogP contribution is 2.21. The average Bonchev–Trinajstić information content (AvgIpc) is 2.59. The van der Waals surface area contributed by atoms with Crippen molar-refractivity contribution in [3.63, 3.8) is 0 Å². The standard InChI is InChI=1S/C9H15N3O4S2/c1-9(2,18(3,15)16)5-12-6-10-11-8(12)17-4-7(13)14/h6H,4-5H2,1-3H3,(H,13,14). The van der Waals surface area contributed by atoms with Crippen LogP contribution < -0.4 is 0 Å². The van der Waals surface area contributed by atoms with Crippen LogP contribution in [0.5, 0.6) is 0 Å². The van der Waals surface area contributed by atoms with E-state index in [1.807, 2.05) is 0 Å². The van der Waals surface area contributed by atoms with Gasteiger partial charge in [0, 0.05) is 12.8 Å². The lowest BCUT2D eigenvalue weighted by atomic mass is 10.2. The molecule has 0 aliphatic heterocycles. The molecule has 0 saturated carbocycles. The van der Waals surface area contributed by atoms with Crippen LogP contribution in [0.4, 0.5) is 0 Å². The van der Waals surface area contributed by atoms with E-state index in [0.717, 1.165) is 11.8 Å². The van der Waals surface area contributed by atoms with Crippen molar-refractivity contribution in [2.75, 3.05) is 12.0 Å². The van der Waals surface area contributed by atoms with Gasteiger partial charge in [0.25, 0.3) is 0 Å². The Morgan fingerprint density at radius 1 is 1.56 bits per heavy atom. The van der Waals surface area contributed by atoms with Crippen molar-refractivity contribution < 1.29 is 18.3 Å². The summed E-state index contributed by atoms with van der Waals surface area (Å²) < 4.78 is 23.8. The maximum Gasteiger partial charge on any atom is 0.313 e. The molecular formula is C9H15N3O4S2. The molecule has 0 aromatic carbocycles. The molecule has 1 aromatic heterocycles. The van der Waals surface area contributed by atoms with E-state index in [4.69, 9.17) is 5.11 Å². The van der Waals surface area contributed by atoms with Gasteiger partial charge in [0.05, 0.1) is 10.5 Å². The fourth-order valence-corrected chi connectivity index (χ4v) is 2.13. The molecule has 7 nitrogen and oxygen atoms in total. The van der Waals surface area contributed by atoms with Gasteiger partial charge in [-0.25, -0.2) is 8.42 Å². The number of rotatable bonds is 6. The summed E-state index contributed by atoms with van der Waals surface area (Å²) >= 11 is 1.01. The van der Waals surface area contributed by atoms with Crippen molar-refractivity contribution >= 4 is 27.6 Å². The number of aromatic nitrogens is 3. The van der Waals surface area contributed by atoms with Crippen LogP contribution >= 0.6 is 11.8 Å². The molecule has 0 unspecified atom stereocenters. The molecular weight excluding hydrogens is 278 g/mol. The van der Waals surface area contributed by atoms with Crippen molar-refractivity contribution in [1.29, 1.82) is 0 Å². The van der Waals surface area contributed by atoms with Gasteiger partial charge in [0.15, 0.2) is 15.0 Å². The number of aliphatic carboxylic acids is 1. The zero-order valence-corrected chi connectivity index (χ0v) is 12.0. The van der Waals surface area contributed by atoms with Crippen LogP contribution in [0, 0.1) is 0 Å². The highest BCUT2D eigenvalue weighted by molar-refractivity contribution is 7.99. The fourth-order valence-electron chi connectivity index (χ4n) is 1.12. The van der Waals surface area contributed by atoms with E-state index in [1.54, 1.807) is 18.4 Å². The highest BCUT2D eigenvalue weighted by atomic mass is 32.2. The first-order chi connectivity index (χ1) is 8.13. The van der Waals surface area contributed by atoms with Gasteiger partial charge in [-0.1, -0.05) is 11.8 Å². The van der Waals surface area contributed by atoms with Crippen LogP contribution in [-0.4, -0.2) is 51.0 Å². The lowest BCUT2D eigenvalue weighted by molar-refractivity contribution is -0.133. The minimum atomic E-state index is -3.23. The lowest BCUT2D eigenvalue weighted by Gasteiger charge is -2.23. The van der Waals surface area contributed by atoms with E-state index in [1.165, 1.54) is 12.6 Å². The summed E-state index contributed by atoms with van der Waals surface area (Å²) in [6.45, 7) is 3.39. The Labute approximate surface area is 110 Å². The first-order valence-corrected chi connectivity index (χ1v) is 7.93. The summed E-state index contributed by atoms with van der Waals surface area (Å²) in [6.07, 6.45) is 2.57. The fraction of sp³-hybridized carbons (Fsp3) is 0.667. The molecule has 0 amide bonds. The van der Waals surface area contributed by atoms with Gasteiger partial charge in [-0.2, -0.15) is 0 Å². The molecule has 0 atom stereocenters. The van der Waals surface area contributed by atoms with Gasteiger partial charge in [-0.15, -0.1) is 10.2 Å².